The van der Waals surface area contributed by atoms with E-state index in [1.54, 1.807) is 30.3 Å². The van der Waals surface area contributed by atoms with Gasteiger partial charge in [-0.25, -0.2) is 5.43 Å². The Balaban J connectivity index is 1.57. The second-order valence-electron chi connectivity index (χ2n) is 7.38. The summed E-state index contributed by atoms with van der Waals surface area (Å²) >= 11 is 5.98. The number of ether oxygens (including phenoxy) is 2. The minimum atomic E-state index is -0.830. The number of hydrazone groups is 1. The summed E-state index contributed by atoms with van der Waals surface area (Å²) in [6.07, 6.45) is 3.15. The van der Waals surface area contributed by atoms with Crippen molar-refractivity contribution < 1.29 is 23.9 Å². The lowest BCUT2D eigenvalue weighted by molar-refractivity contribution is -0.139. The fourth-order valence-corrected chi connectivity index (χ4v) is 2.92. The summed E-state index contributed by atoms with van der Waals surface area (Å²) in [7, 11) is 0. The van der Waals surface area contributed by atoms with Crippen molar-refractivity contribution in [2.75, 3.05) is 18.5 Å². The largest absolute Gasteiger partial charge is 0.490 e. The Hall–Kier alpha value is -3.59. The van der Waals surface area contributed by atoms with E-state index >= 15 is 0 Å². The molecule has 0 bridgehead atoms. The van der Waals surface area contributed by atoms with Gasteiger partial charge in [0.1, 0.15) is 0 Å². The minimum absolute atomic E-state index is 0.0881. The molecule has 1 saturated carbocycles. The van der Waals surface area contributed by atoms with Gasteiger partial charge in [0, 0.05) is 16.8 Å². The Morgan fingerprint density at radius 1 is 1.09 bits per heavy atom. The molecule has 0 aliphatic heterocycles. The van der Waals surface area contributed by atoms with Crippen LogP contribution >= 0.6 is 11.6 Å². The maximum atomic E-state index is 12.3. The second kappa shape index (κ2) is 11.3. The molecule has 3 rings (SSSR count). The molecule has 0 spiro atoms. The Labute approximate surface area is 196 Å². The monoisotopic (exact) mass is 472 g/mol. The van der Waals surface area contributed by atoms with Crippen molar-refractivity contribution in [1.82, 2.24) is 10.7 Å². The van der Waals surface area contributed by atoms with Gasteiger partial charge in [0.15, 0.2) is 18.1 Å². The lowest BCUT2D eigenvalue weighted by Crippen LogP contribution is -2.38. The van der Waals surface area contributed by atoms with E-state index in [0.29, 0.717) is 34.4 Å². The number of hydrogen-bond donors (Lipinski definition) is 3. The van der Waals surface area contributed by atoms with Gasteiger partial charge < -0.3 is 20.1 Å². The van der Waals surface area contributed by atoms with Gasteiger partial charge in [-0.3, -0.25) is 14.4 Å². The molecule has 3 N–H and O–H groups in total. The van der Waals surface area contributed by atoms with Crippen LogP contribution in [-0.4, -0.2) is 43.2 Å². The number of anilines is 1. The molecule has 1 aliphatic carbocycles. The highest BCUT2D eigenvalue weighted by Gasteiger charge is 2.26. The number of nitrogens with zero attached hydrogens (tertiary/aromatic N) is 1. The molecule has 9 nitrogen and oxygen atoms in total. The summed E-state index contributed by atoms with van der Waals surface area (Å²) in [5.41, 5.74) is 4.28. The summed E-state index contributed by atoms with van der Waals surface area (Å²) in [5.74, 6) is -1.10. The van der Waals surface area contributed by atoms with Gasteiger partial charge in [-0.2, -0.15) is 5.10 Å². The smallest absolute Gasteiger partial charge is 0.329 e. The summed E-state index contributed by atoms with van der Waals surface area (Å²) in [6.45, 7) is 3.83. The number of benzene rings is 2. The Kier molecular flexibility index (Phi) is 8.26. The third-order valence-corrected chi connectivity index (χ3v) is 4.83. The molecule has 0 unspecified atom stereocenters. The topological polar surface area (TPSA) is 118 Å². The molecule has 174 valence electrons. The van der Waals surface area contributed by atoms with Gasteiger partial charge in [0.05, 0.1) is 12.8 Å². The lowest BCUT2D eigenvalue weighted by Gasteiger charge is -2.13. The van der Waals surface area contributed by atoms with Crippen LogP contribution in [0.15, 0.2) is 41.5 Å². The molecular formula is C23H25ClN4O5. The number of hydrogen-bond acceptors (Lipinski definition) is 6. The SMILES string of the molecule is CCOc1cc(/C=N\NC(=O)C(=O)NC2CC2)ccc1OCC(=O)Nc1cc(Cl)ccc1C. The maximum Gasteiger partial charge on any atom is 0.329 e. The first-order chi connectivity index (χ1) is 15.9. The van der Waals surface area contributed by atoms with Crippen molar-refractivity contribution in [2.24, 2.45) is 5.10 Å². The van der Waals surface area contributed by atoms with E-state index in [2.05, 4.69) is 21.2 Å². The molecule has 10 heteroatoms. The van der Waals surface area contributed by atoms with Crippen LogP contribution in [0.4, 0.5) is 5.69 Å². The normalized spacial score (nSPS) is 12.8. The zero-order chi connectivity index (χ0) is 23.8. The Bertz CT molecular complexity index is 1070. The highest BCUT2D eigenvalue weighted by Crippen LogP contribution is 2.28. The number of halogens is 1. The van der Waals surface area contributed by atoms with Crippen molar-refractivity contribution >= 4 is 41.2 Å². The molecule has 0 heterocycles. The molecule has 0 radical (unpaired) electrons. The molecule has 2 aromatic carbocycles. The van der Waals surface area contributed by atoms with Crippen LogP contribution in [0, 0.1) is 6.92 Å². The predicted molar refractivity (Wildman–Crippen MR) is 125 cm³/mol. The van der Waals surface area contributed by atoms with E-state index in [1.165, 1.54) is 6.21 Å². The van der Waals surface area contributed by atoms with Gasteiger partial charge in [-0.05, 0) is 68.1 Å². The van der Waals surface area contributed by atoms with Crippen LogP contribution in [0.3, 0.4) is 0 Å². The zero-order valence-corrected chi connectivity index (χ0v) is 19.1. The highest BCUT2D eigenvalue weighted by molar-refractivity contribution is 6.35. The van der Waals surface area contributed by atoms with Gasteiger partial charge in [-0.15, -0.1) is 0 Å². The third kappa shape index (κ3) is 7.50. The van der Waals surface area contributed by atoms with E-state index in [9.17, 15) is 14.4 Å². The summed E-state index contributed by atoms with van der Waals surface area (Å²) in [5, 5.41) is 9.66. The molecule has 3 amide bonds. The number of rotatable bonds is 9. The number of carbonyl (C=O) groups excluding carboxylic acids is 3. The van der Waals surface area contributed by atoms with Crippen LogP contribution < -0.4 is 25.5 Å². The first-order valence-corrected chi connectivity index (χ1v) is 10.8. The molecule has 0 atom stereocenters. The van der Waals surface area contributed by atoms with E-state index in [4.69, 9.17) is 21.1 Å². The molecule has 33 heavy (non-hydrogen) atoms. The molecular weight excluding hydrogens is 448 g/mol. The van der Waals surface area contributed by atoms with Gasteiger partial charge in [0.25, 0.3) is 5.91 Å². The standard InChI is InChI=1S/C23H25ClN4O5/c1-3-32-20-10-15(12-25-28-23(31)22(30)26-17-7-8-17)5-9-19(20)33-13-21(29)27-18-11-16(24)6-4-14(18)2/h4-6,9-12,17H,3,7-8,13H2,1-2H3,(H,26,30)(H,27,29)(H,28,31)/b25-12-. The average molecular weight is 473 g/mol. The van der Waals surface area contributed by atoms with Gasteiger partial charge in [-0.1, -0.05) is 17.7 Å². The van der Waals surface area contributed by atoms with Crippen molar-refractivity contribution in [2.45, 2.75) is 32.7 Å². The molecule has 1 fully saturated rings. The summed E-state index contributed by atoms with van der Waals surface area (Å²) in [6, 6.07) is 10.3. The zero-order valence-electron chi connectivity index (χ0n) is 18.3. The van der Waals surface area contributed by atoms with Crippen molar-refractivity contribution in [1.29, 1.82) is 0 Å². The fourth-order valence-electron chi connectivity index (χ4n) is 2.75. The number of aryl methyl sites for hydroxylation is 1. The van der Waals surface area contributed by atoms with E-state index in [0.717, 1.165) is 18.4 Å². The number of carbonyl (C=O) groups is 3. The minimum Gasteiger partial charge on any atom is -0.490 e. The number of nitrogens with one attached hydrogen (secondary N) is 3. The summed E-state index contributed by atoms with van der Waals surface area (Å²) in [4.78, 5) is 35.6. The van der Waals surface area contributed by atoms with Crippen molar-refractivity contribution in [3.8, 4) is 11.5 Å². The third-order valence-electron chi connectivity index (χ3n) is 4.60. The highest BCUT2D eigenvalue weighted by atomic mass is 35.5. The second-order valence-corrected chi connectivity index (χ2v) is 7.82. The average Bonchev–Trinajstić information content (AvgIpc) is 3.60. The predicted octanol–water partition coefficient (Wildman–Crippen LogP) is 2.79. The van der Waals surface area contributed by atoms with E-state index in [1.807, 2.05) is 19.9 Å². The van der Waals surface area contributed by atoms with Crippen LogP contribution in [0.25, 0.3) is 0 Å². The van der Waals surface area contributed by atoms with Gasteiger partial charge in [0.2, 0.25) is 0 Å². The van der Waals surface area contributed by atoms with Gasteiger partial charge >= 0.3 is 11.8 Å². The first kappa shape index (κ1) is 24.1. The van der Waals surface area contributed by atoms with Crippen LogP contribution in [0.2, 0.25) is 5.02 Å². The Morgan fingerprint density at radius 2 is 1.88 bits per heavy atom. The van der Waals surface area contributed by atoms with Crippen LogP contribution in [-0.2, 0) is 14.4 Å². The number of amides is 3. The van der Waals surface area contributed by atoms with Crippen LogP contribution in [0.1, 0.15) is 30.9 Å². The molecule has 1 aliphatic rings. The fraction of sp³-hybridized carbons (Fsp3) is 0.304. The lowest BCUT2D eigenvalue weighted by atomic mass is 10.2. The van der Waals surface area contributed by atoms with Crippen molar-refractivity contribution in [3.05, 3.63) is 52.5 Å². The molecule has 2 aromatic rings. The first-order valence-electron chi connectivity index (χ1n) is 10.4. The molecule has 0 saturated heterocycles. The quantitative estimate of drug-likeness (QED) is 0.294. The Morgan fingerprint density at radius 3 is 2.61 bits per heavy atom. The van der Waals surface area contributed by atoms with Crippen LogP contribution in [0.5, 0.6) is 11.5 Å². The molecule has 0 aromatic heterocycles. The van der Waals surface area contributed by atoms with E-state index < -0.39 is 11.8 Å². The maximum absolute atomic E-state index is 12.3. The van der Waals surface area contributed by atoms with Crippen molar-refractivity contribution in [3.63, 3.8) is 0 Å². The summed E-state index contributed by atoms with van der Waals surface area (Å²) < 4.78 is 11.2. The van der Waals surface area contributed by atoms with E-state index in [-0.39, 0.29) is 18.6 Å².